The van der Waals surface area contributed by atoms with Gasteiger partial charge in [-0.1, -0.05) is 42.5 Å². The van der Waals surface area contributed by atoms with Crippen LogP contribution in [0.3, 0.4) is 0 Å². The predicted molar refractivity (Wildman–Crippen MR) is 129 cm³/mol. The molecule has 160 valence electrons. The summed E-state index contributed by atoms with van der Waals surface area (Å²) < 4.78 is 1.32. The molecule has 0 saturated carbocycles. The van der Waals surface area contributed by atoms with Crippen LogP contribution in [0.2, 0.25) is 0 Å². The summed E-state index contributed by atoms with van der Waals surface area (Å²) in [6.07, 6.45) is 6.90. The summed E-state index contributed by atoms with van der Waals surface area (Å²) in [5.41, 5.74) is 5.85. The number of aliphatic carboxylic acids is 2. The fourth-order valence-corrected chi connectivity index (χ4v) is 3.92. The van der Waals surface area contributed by atoms with Gasteiger partial charge in [0.2, 0.25) is 0 Å². The predicted octanol–water partition coefficient (Wildman–Crippen LogP) is 5.23. The molecule has 1 unspecified atom stereocenters. The second-order valence-electron chi connectivity index (χ2n) is 8.22. The van der Waals surface area contributed by atoms with Gasteiger partial charge in [-0.15, -0.1) is 0 Å². The van der Waals surface area contributed by atoms with E-state index in [0.717, 1.165) is 6.54 Å². The van der Waals surface area contributed by atoms with E-state index in [0.29, 0.717) is 5.92 Å². The minimum Gasteiger partial charge on any atom is -0.473 e. The maximum Gasteiger partial charge on any atom is 0.414 e. The molecule has 3 N–H and O–H groups in total. The molecule has 0 heterocycles. The molecule has 1 atom stereocenters. The van der Waals surface area contributed by atoms with Gasteiger partial charge in [0.1, 0.15) is 0 Å². The molecule has 0 aromatic heterocycles. The van der Waals surface area contributed by atoms with E-state index < -0.39 is 11.9 Å². The number of halogens is 1. The number of carboxylic acids is 2. The molecule has 0 amide bonds. The first-order chi connectivity index (χ1) is 14.1. The number of benzene rings is 2. The number of carboxylic acid groups (broad SMARTS) is 2. The molecule has 2 aromatic carbocycles. The lowest BCUT2D eigenvalue weighted by molar-refractivity contribution is -0.159. The molecule has 1 aliphatic carbocycles. The molecule has 0 fully saturated rings. The van der Waals surface area contributed by atoms with Crippen molar-refractivity contribution < 1.29 is 19.8 Å². The number of nitrogens with one attached hydrogen (secondary N) is 1. The molecule has 1 aliphatic rings. The quantitative estimate of drug-likeness (QED) is 0.292. The van der Waals surface area contributed by atoms with E-state index in [1.165, 1.54) is 38.7 Å². The molecule has 2 aromatic rings. The van der Waals surface area contributed by atoms with Crippen molar-refractivity contribution in [1.82, 2.24) is 5.32 Å². The van der Waals surface area contributed by atoms with E-state index in [1.54, 1.807) is 0 Å². The van der Waals surface area contributed by atoms with Crippen molar-refractivity contribution in [1.29, 1.82) is 0 Å². The molecule has 6 heteroatoms. The Kier molecular flexibility index (Phi) is 8.61. The van der Waals surface area contributed by atoms with Crippen LogP contribution in [0.4, 0.5) is 0 Å². The molecule has 0 bridgehead atoms. The van der Waals surface area contributed by atoms with Crippen LogP contribution in [-0.4, -0.2) is 34.2 Å². The van der Waals surface area contributed by atoms with Crippen molar-refractivity contribution in [3.63, 3.8) is 0 Å². The van der Waals surface area contributed by atoms with Crippen LogP contribution in [0.15, 0.2) is 42.5 Å². The third-order valence-electron chi connectivity index (χ3n) is 4.75. The highest BCUT2D eigenvalue weighted by molar-refractivity contribution is 14.1. The van der Waals surface area contributed by atoms with Crippen LogP contribution < -0.4 is 5.32 Å². The monoisotopic (exact) mass is 521 g/mol. The van der Waals surface area contributed by atoms with Gasteiger partial charge < -0.3 is 15.5 Å². The Balaban J connectivity index is 0.000000469. The van der Waals surface area contributed by atoms with Crippen LogP contribution in [-0.2, 0) is 9.59 Å². The van der Waals surface area contributed by atoms with Crippen LogP contribution in [0, 0.1) is 3.57 Å². The van der Waals surface area contributed by atoms with Crippen LogP contribution in [0.1, 0.15) is 61.8 Å². The standard InChI is InChI=1S/C22H26IN.C2H2O4/c1-22(2,3)24-14-6-9-20-19-8-5-4-7-16(19)10-11-17-12-13-18(23)15-21(17)20;3-1(4)2(5)6/h4-5,7-8,10-13,15,20,24H,6,9,14H2,1-3H3;(H,3,4)(H,5,6). The Morgan fingerprint density at radius 1 is 0.967 bits per heavy atom. The molecule has 0 spiro atoms. The smallest absolute Gasteiger partial charge is 0.414 e. The zero-order valence-corrected chi connectivity index (χ0v) is 19.6. The van der Waals surface area contributed by atoms with Crippen molar-refractivity contribution in [2.45, 2.75) is 45.1 Å². The number of hydrogen-bond donors (Lipinski definition) is 3. The van der Waals surface area contributed by atoms with Gasteiger partial charge in [-0.3, -0.25) is 0 Å². The average Bonchev–Trinajstić information content (AvgIpc) is 2.82. The van der Waals surface area contributed by atoms with Gasteiger partial charge in [0.15, 0.2) is 0 Å². The minimum absolute atomic E-state index is 0.191. The number of fused-ring (bicyclic) bond motifs is 2. The van der Waals surface area contributed by atoms with Crippen molar-refractivity contribution in [2.24, 2.45) is 0 Å². The molecule has 0 saturated heterocycles. The van der Waals surface area contributed by atoms with Crippen molar-refractivity contribution in [3.8, 4) is 0 Å². The summed E-state index contributed by atoms with van der Waals surface area (Å²) in [7, 11) is 0. The average molecular weight is 521 g/mol. The molecule has 30 heavy (non-hydrogen) atoms. The Morgan fingerprint density at radius 2 is 1.57 bits per heavy atom. The fraction of sp³-hybridized carbons (Fsp3) is 0.333. The maximum atomic E-state index is 9.10. The number of rotatable bonds is 4. The van der Waals surface area contributed by atoms with Gasteiger partial charge in [0.25, 0.3) is 0 Å². The number of hydrogen-bond acceptors (Lipinski definition) is 3. The SMILES string of the molecule is CC(C)(C)NCCCC1c2ccccc2C=Cc2ccc(I)cc21.O=C(O)C(=O)O. The normalized spacial score (nSPS) is 14.6. The lowest BCUT2D eigenvalue weighted by Crippen LogP contribution is -2.36. The van der Waals surface area contributed by atoms with E-state index in [4.69, 9.17) is 19.8 Å². The first kappa shape index (κ1) is 24.1. The fourth-order valence-electron chi connectivity index (χ4n) is 3.41. The zero-order chi connectivity index (χ0) is 22.3. The van der Waals surface area contributed by atoms with Crippen molar-refractivity contribution in [3.05, 3.63) is 68.3 Å². The van der Waals surface area contributed by atoms with Gasteiger partial charge >= 0.3 is 11.9 Å². The largest absolute Gasteiger partial charge is 0.473 e. The highest BCUT2D eigenvalue weighted by atomic mass is 127. The van der Waals surface area contributed by atoms with Crippen LogP contribution in [0.5, 0.6) is 0 Å². The topological polar surface area (TPSA) is 86.6 Å². The van der Waals surface area contributed by atoms with Gasteiger partial charge in [-0.05, 0) is 97.1 Å². The summed E-state index contributed by atoms with van der Waals surface area (Å²) in [5, 5.41) is 18.4. The molecule has 0 aliphatic heterocycles. The summed E-state index contributed by atoms with van der Waals surface area (Å²) >= 11 is 2.43. The van der Waals surface area contributed by atoms with Gasteiger partial charge in [0, 0.05) is 15.0 Å². The molecule has 0 radical (unpaired) electrons. The molecular weight excluding hydrogens is 493 g/mol. The number of carbonyl (C=O) groups is 2. The maximum absolute atomic E-state index is 9.10. The van der Waals surface area contributed by atoms with Crippen LogP contribution >= 0.6 is 22.6 Å². The van der Waals surface area contributed by atoms with Gasteiger partial charge in [0.05, 0.1) is 0 Å². The second kappa shape index (κ2) is 10.7. The highest BCUT2D eigenvalue weighted by Gasteiger charge is 2.21. The zero-order valence-electron chi connectivity index (χ0n) is 17.5. The first-order valence-electron chi connectivity index (χ1n) is 9.86. The lowest BCUT2D eigenvalue weighted by atomic mass is 9.84. The van der Waals surface area contributed by atoms with Crippen molar-refractivity contribution in [2.75, 3.05) is 6.54 Å². The highest BCUT2D eigenvalue weighted by Crippen LogP contribution is 2.38. The molecule has 3 rings (SSSR count). The van der Waals surface area contributed by atoms with Gasteiger partial charge in [-0.2, -0.15) is 0 Å². The van der Waals surface area contributed by atoms with E-state index in [1.807, 2.05) is 0 Å². The third-order valence-corrected chi connectivity index (χ3v) is 5.42. The Labute approximate surface area is 191 Å². The Morgan fingerprint density at radius 3 is 2.17 bits per heavy atom. The summed E-state index contributed by atoms with van der Waals surface area (Å²) in [6.45, 7) is 7.76. The minimum atomic E-state index is -1.82. The van der Waals surface area contributed by atoms with E-state index in [2.05, 4.69) is 103 Å². The van der Waals surface area contributed by atoms with E-state index >= 15 is 0 Å². The molecule has 5 nitrogen and oxygen atoms in total. The third kappa shape index (κ3) is 7.25. The summed E-state index contributed by atoms with van der Waals surface area (Å²) in [6, 6.07) is 15.7. The van der Waals surface area contributed by atoms with Crippen molar-refractivity contribution >= 4 is 46.7 Å². The van der Waals surface area contributed by atoms with E-state index in [9.17, 15) is 0 Å². The summed E-state index contributed by atoms with van der Waals surface area (Å²) in [4.78, 5) is 18.2. The molecular formula is C24H28INO4. The second-order valence-corrected chi connectivity index (χ2v) is 9.46. The first-order valence-corrected chi connectivity index (χ1v) is 10.9. The summed E-state index contributed by atoms with van der Waals surface area (Å²) in [5.74, 6) is -3.17. The Hall–Kier alpha value is -2.19. The van der Waals surface area contributed by atoms with Gasteiger partial charge in [-0.25, -0.2) is 9.59 Å². The van der Waals surface area contributed by atoms with E-state index in [-0.39, 0.29) is 5.54 Å². The lowest BCUT2D eigenvalue weighted by Gasteiger charge is -2.23. The Bertz CT molecular complexity index is 919. The van der Waals surface area contributed by atoms with Crippen LogP contribution in [0.25, 0.3) is 12.2 Å².